The highest BCUT2D eigenvalue weighted by atomic mass is 19.3. The molecule has 56 heavy (non-hydrogen) atoms. The van der Waals surface area contributed by atoms with Crippen molar-refractivity contribution in [3.8, 4) is 17.6 Å². The predicted octanol–water partition coefficient (Wildman–Crippen LogP) is 8.26. The van der Waals surface area contributed by atoms with E-state index >= 15 is 0 Å². The van der Waals surface area contributed by atoms with Crippen molar-refractivity contribution in [2.45, 2.75) is 70.4 Å². The van der Waals surface area contributed by atoms with Crippen molar-refractivity contribution in [1.82, 2.24) is 19.8 Å². The van der Waals surface area contributed by atoms with Gasteiger partial charge in [0, 0.05) is 42.3 Å². The van der Waals surface area contributed by atoms with Crippen LogP contribution in [0.5, 0.6) is 11.5 Å². The van der Waals surface area contributed by atoms with Crippen molar-refractivity contribution in [2.75, 3.05) is 19.6 Å². The van der Waals surface area contributed by atoms with Gasteiger partial charge in [-0.15, -0.1) is 0 Å². The first-order valence-corrected chi connectivity index (χ1v) is 18.4. The number of nitrogens with zero attached hydrogens (tertiary/aromatic N) is 5. The van der Waals surface area contributed by atoms with E-state index in [0.29, 0.717) is 53.7 Å². The number of aliphatic carboxylic acids is 1. The fraction of sp³-hybridized carbons (Fsp3) is 0.366. The quantitative estimate of drug-likeness (QED) is 0.123. The molecule has 8 rings (SSSR count). The standard InChI is InChI=1S/C41H37F4N5O6/c1-23-27(28-9-3-2-8-24(28)20-46)10-6-12-41(23,37-47-29-16-25(21-49-13-4-5-14-49)32(55-39(42)43)18-34(29)53-37)38-48-30-17-26(22-50-15-7-11-31(50)36(51)52)33(56-40(44)45)19-35(30)54-38/h2-3,6,8-10,12,16-19,23,31,39-40H,4-5,7,11,13-15,21-22H2,1H3,(H,51,52)/t23?,31-,41?/m0/s1. The molecule has 2 aliphatic heterocycles. The molecule has 15 heteroatoms. The Kier molecular flexibility index (Phi) is 10.0. The van der Waals surface area contributed by atoms with Gasteiger partial charge in [-0.3, -0.25) is 14.6 Å². The minimum atomic E-state index is -3.17. The summed E-state index contributed by atoms with van der Waals surface area (Å²) in [4.78, 5) is 25.6. The van der Waals surface area contributed by atoms with E-state index in [1.54, 1.807) is 41.3 Å². The molecule has 2 saturated heterocycles. The van der Waals surface area contributed by atoms with Crippen LogP contribution in [0.1, 0.15) is 66.6 Å². The number of allylic oxidation sites excluding steroid dienone is 4. The fourth-order valence-electron chi connectivity index (χ4n) is 8.30. The number of hydrogen-bond donors (Lipinski definition) is 1. The lowest BCUT2D eigenvalue weighted by Crippen LogP contribution is -2.36. The summed E-state index contributed by atoms with van der Waals surface area (Å²) in [5, 5.41) is 19.8. The summed E-state index contributed by atoms with van der Waals surface area (Å²) in [7, 11) is 0. The number of nitriles is 1. The second kappa shape index (κ2) is 15.1. The lowest BCUT2D eigenvalue weighted by atomic mass is 9.67. The van der Waals surface area contributed by atoms with Crippen molar-refractivity contribution in [2.24, 2.45) is 5.92 Å². The SMILES string of the molecule is CC1C(c2ccccc2C#N)=CC=CC1(c1nc2cc(CN3CCCC3)c(OC(F)F)cc2o1)c1nc2cc(CN3CCC[C@H]3C(=O)O)c(OC(F)F)cc2o1. The predicted molar refractivity (Wildman–Crippen MR) is 195 cm³/mol. The number of carboxylic acid groups (broad SMARTS) is 1. The van der Waals surface area contributed by atoms with Crippen LogP contribution in [0.3, 0.4) is 0 Å². The summed E-state index contributed by atoms with van der Waals surface area (Å²) in [6.45, 7) is -1.85. The first kappa shape index (κ1) is 37.2. The Morgan fingerprint density at radius 2 is 1.54 bits per heavy atom. The van der Waals surface area contributed by atoms with Crippen LogP contribution in [-0.4, -0.2) is 69.7 Å². The average Bonchev–Trinajstić information content (AvgIpc) is 3.99. The van der Waals surface area contributed by atoms with Crippen LogP contribution in [-0.2, 0) is 23.3 Å². The zero-order valence-corrected chi connectivity index (χ0v) is 30.3. The molecule has 2 fully saturated rings. The number of carbonyl (C=O) groups is 1. The van der Waals surface area contributed by atoms with Gasteiger partial charge in [0.05, 0.1) is 11.6 Å². The summed E-state index contributed by atoms with van der Waals surface area (Å²) in [6, 6.07) is 14.5. The van der Waals surface area contributed by atoms with E-state index in [-0.39, 0.29) is 46.5 Å². The number of halogens is 4. The minimum Gasteiger partial charge on any atom is -0.480 e. The normalized spacial score (nSPS) is 21.7. The maximum atomic E-state index is 13.8. The summed E-state index contributed by atoms with van der Waals surface area (Å²) in [6.07, 6.45) is 8.50. The molecule has 2 unspecified atom stereocenters. The van der Waals surface area contributed by atoms with E-state index < -0.39 is 36.6 Å². The Labute approximate surface area is 318 Å². The molecule has 2 aromatic heterocycles. The highest BCUT2D eigenvalue weighted by Crippen LogP contribution is 2.50. The second-order valence-electron chi connectivity index (χ2n) is 14.3. The number of oxazole rings is 2. The highest BCUT2D eigenvalue weighted by Gasteiger charge is 2.50. The van der Waals surface area contributed by atoms with Crippen LogP contribution in [0.2, 0.25) is 0 Å². The molecule has 1 N–H and O–H groups in total. The van der Waals surface area contributed by atoms with Crippen molar-refractivity contribution >= 4 is 33.7 Å². The Bertz CT molecular complexity index is 2400. The maximum absolute atomic E-state index is 13.8. The molecule has 3 aromatic carbocycles. The second-order valence-corrected chi connectivity index (χ2v) is 14.3. The molecule has 1 aliphatic carbocycles. The third-order valence-corrected chi connectivity index (χ3v) is 11.0. The first-order valence-electron chi connectivity index (χ1n) is 18.4. The molecular formula is C41H37F4N5O6. The molecule has 0 spiro atoms. The average molecular weight is 772 g/mol. The van der Waals surface area contributed by atoms with Gasteiger partial charge in [-0.05, 0) is 74.7 Å². The summed E-state index contributed by atoms with van der Waals surface area (Å²) < 4.78 is 77.7. The van der Waals surface area contributed by atoms with Gasteiger partial charge < -0.3 is 23.4 Å². The summed E-state index contributed by atoms with van der Waals surface area (Å²) in [5.74, 6) is -1.62. The van der Waals surface area contributed by atoms with Gasteiger partial charge in [0.25, 0.3) is 0 Å². The van der Waals surface area contributed by atoms with Gasteiger partial charge in [-0.1, -0.05) is 43.4 Å². The van der Waals surface area contributed by atoms with E-state index in [2.05, 4.69) is 11.0 Å². The number of hydrogen-bond acceptors (Lipinski definition) is 10. The van der Waals surface area contributed by atoms with E-state index in [0.717, 1.165) is 31.5 Å². The smallest absolute Gasteiger partial charge is 0.387 e. The van der Waals surface area contributed by atoms with Crippen molar-refractivity contribution < 1.29 is 45.8 Å². The number of benzene rings is 3. The molecule has 5 aromatic rings. The first-order chi connectivity index (χ1) is 27.0. The lowest BCUT2D eigenvalue weighted by Gasteiger charge is -2.35. The molecule has 290 valence electrons. The van der Waals surface area contributed by atoms with Crippen molar-refractivity contribution in [1.29, 1.82) is 5.26 Å². The van der Waals surface area contributed by atoms with Gasteiger partial charge in [0.15, 0.2) is 11.2 Å². The van der Waals surface area contributed by atoms with Crippen LogP contribution >= 0.6 is 0 Å². The Balaban J connectivity index is 1.29. The van der Waals surface area contributed by atoms with Crippen LogP contribution < -0.4 is 9.47 Å². The van der Waals surface area contributed by atoms with Crippen molar-refractivity contribution in [3.63, 3.8) is 0 Å². The number of likely N-dealkylation sites (tertiary alicyclic amines) is 2. The van der Waals surface area contributed by atoms with Crippen LogP contribution in [0.4, 0.5) is 17.6 Å². The third kappa shape index (κ3) is 6.88. The molecule has 3 atom stereocenters. The van der Waals surface area contributed by atoms with Gasteiger partial charge in [-0.2, -0.15) is 22.8 Å². The van der Waals surface area contributed by atoms with Crippen LogP contribution in [0.15, 0.2) is 75.6 Å². The van der Waals surface area contributed by atoms with E-state index in [1.165, 1.54) is 12.1 Å². The maximum Gasteiger partial charge on any atom is 0.387 e. The van der Waals surface area contributed by atoms with E-state index in [9.17, 15) is 32.7 Å². The number of ether oxygens (including phenoxy) is 2. The summed E-state index contributed by atoms with van der Waals surface area (Å²) >= 11 is 0. The van der Waals surface area contributed by atoms with E-state index in [4.69, 9.17) is 28.3 Å². The van der Waals surface area contributed by atoms with Gasteiger partial charge in [0.1, 0.15) is 34.0 Å². The molecular weight excluding hydrogens is 734 g/mol. The molecule has 0 saturated carbocycles. The Morgan fingerprint density at radius 3 is 2.12 bits per heavy atom. The molecule has 4 heterocycles. The topological polar surface area (TPSA) is 138 Å². The number of fused-ring (bicyclic) bond motifs is 2. The number of alkyl halides is 4. The monoisotopic (exact) mass is 771 g/mol. The molecule has 11 nitrogen and oxygen atoms in total. The molecule has 0 bridgehead atoms. The van der Waals surface area contributed by atoms with Gasteiger partial charge >= 0.3 is 19.2 Å². The Morgan fingerprint density at radius 1 is 0.929 bits per heavy atom. The van der Waals surface area contributed by atoms with Crippen LogP contribution in [0.25, 0.3) is 27.8 Å². The molecule has 0 radical (unpaired) electrons. The molecule has 3 aliphatic rings. The van der Waals surface area contributed by atoms with Crippen molar-refractivity contribution in [3.05, 3.63) is 101 Å². The number of aromatic nitrogens is 2. The Hall–Kier alpha value is -5.72. The summed E-state index contributed by atoms with van der Waals surface area (Å²) in [5.41, 5.74) is 2.16. The third-order valence-electron chi connectivity index (χ3n) is 11.0. The fourth-order valence-corrected chi connectivity index (χ4v) is 8.30. The highest BCUT2D eigenvalue weighted by molar-refractivity contribution is 5.81. The minimum absolute atomic E-state index is 0.0182. The lowest BCUT2D eigenvalue weighted by molar-refractivity contribution is -0.142. The number of rotatable bonds is 12. The zero-order valence-electron chi connectivity index (χ0n) is 30.3. The van der Waals surface area contributed by atoms with Crippen LogP contribution in [0, 0.1) is 17.2 Å². The van der Waals surface area contributed by atoms with Gasteiger partial charge in [0.2, 0.25) is 11.8 Å². The van der Waals surface area contributed by atoms with E-state index in [1.807, 2.05) is 25.1 Å². The zero-order chi connectivity index (χ0) is 39.1. The van der Waals surface area contributed by atoms with Gasteiger partial charge in [-0.25, -0.2) is 9.97 Å². The largest absolute Gasteiger partial charge is 0.480 e. The molecule has 0 amide bonds. The number of carboxylic acids is 1.